The minimum Gasteiger partial charge on any atom is -0.466 e. The zero-order valence-corrected chi connectivity index (χ0v) is 12.3. The summed E-state index contributed by atoms with van der Waals surface area (Å²) in [5.41, 5.74) is 1.13. The molecule has 1 unspecified atom stereocenters. The van der Waals surface area contributed by atoms with E-state index in [1.54, 1.807) is 0 Å². The van der Waals surface area contributed by atoms with E-state index in [-0.39, 0.29) is 12.0 Å². The molecule has 0 amide bonds. The summed E-state index contributed by atoms with van der Waals surface area (Å²) in [5, 5.41) is 3.48. The van der Waals surface area contributed by atoms with Crippen LogP contribution >= 0.6 is 0 Å². The number of hydrogen-bond acceptors (Lipinski definition) is 5. The number of carbonyl (C=O) groups is 1. The Hall–Kier alpha value is -1.75. The Morgan fingerprint density at radius 1 is 1.38 bits per heavy atom. The Bertz CT molecular complexity index is 513. The van der Waals surface area contributed by atoms with Crippen molar-refractivity contribution in [1.29, 1.82) is 0 Å². The number of ether oxygens (including phenoxy) is 3. The molecule has 21 heavy (non-hydrogen) atoms. The van der Waals surface area contributed by atoms with Gasteiger partial charge in [-0.05, 0) is 43.4 Å². The van der Waals surface area contributed by atoms with E-state index in [2.05, 4.69) is 5.32 Å². The summed E-state index contributed by atoms with van der Waals surface area (Å²) in [5.74, 6) is 2.07. The highest BCUT2D eigenvalue weighted by atomic mass is 16.7. The van der Waals surface area contributed by atoms with Gasteiger partial charge < -0.3 is 19.5 Å². The molecular weight excluding hydrogens is 270 g/mol. The molecule has 3 rings (SSSR count). The molecule has 5 heteroatoms. The maximum atomic E-state index is 11.7. The molecule has 0 bridgehead atoms. The van der Waals surface area contributed by atoms with Crippen molar-refractivity contribution in [2.45, 2.75) is 38.8 Å². The lowest BCUT2D eigenvalue weighted by Crippen LogP contribution is -2.33. The largest absolute Gasteiger partial charge is 0.466 e. The second kappa shape index (κ2) is 6.35. The molecule has 0 radical (unpaired) electrons. The summed E-state index contributed by atoms with van der Waals surface area (Å²) in [4.78, 5) is 11.7. The molecule has 0 spiro atoms. The van der Waals surface area contributed by atoms with Crippen molar-refractivity contribution in [2.24, 2.45) is 5.92 Å². The van der Waals surface area contributed by atoms with Crippen LogP contribution in [0.25, 0.3) is 0 Å². The van der Waals surface area contributed by atoms with E-state index in [1.165, 1.54) is 12.8 Å². The molecule has 0 saturated heterocycles. The second-order valence-electron chi connectivity index (χ2n) is 5.52. The van der Waals surface area contributed by atoms with Crippen LogP contribution in [0.4, 0.5) is 0 Å². The molecule has 1 aliphatic heterocycles. The van der Waals surface area contributed by atoms with Gasteiger partial charge in [0, 0.05) is 12.6 Å². The van der Waals surface area contributed by atoms with E-state index in [0.29, 0.717) is 25.7 Å². The van der Waals surface area contributed by atoms with Crippen LogP contribution < -0.4 is 14.8 Å². The highest BCUT2D eigenvalue weighted by Crippen LogP contribution is 2.35. The van der Waals surface area contributed by atoms with Gasteiger partial charge in [-0.1, -0.05) is 6.07 Å². The normalized spacial score (nSPS) is 17.6. The van der Waals surface area contributed by atoms with E-state index >= 15 is 0 Å². The first-order chi connectivity index (χ1) is 10.3. The van der Waals surface area contributed by atoms with E-state index in [9.17, 15) is 4.79 Å². The number of esters is 1. The monoisotopic (exact) mass is 291 g/mol. The first kappa shape index (κ1) is 14.2. The third-order valence-electron chi connectivity index (χ3n) is 3.89. The van der Waals surface area contributed by atoms with Gasteiger partial charge in [-0.25, -0.2) is 0 Å². The topological polar surface area (TPSA) is 56.8 Å². The number of benzene rings is 1. The minimum atomic E-state index is -0.118. The lowest BCUT2D eigenvalue weighted by Gasteiger charge is -2.17. The highest BCUT2D eigenvalue weighted by Gasteiger charge is 2.32. The third-order valence-corrected chi connectivity index (χ3v) is 3.89. The predicted octanol–water partition coefficient (Wildman–Crippen LogP) is 2.24. The predicted molar refractivity (Wildman–Crippen MR) is 77.2 cm³/mol. The minimum absolute atomic E-state index is 0.118. The van der Waals surface area contributed by atoms with Gasteiger partial charge in [-0.3, -0.25) is 4.79 Å². The fourth-order valence-corrected chi connectivity index (χ4v) is 2.60. The van der Waals surface area contributed by atoms with Gasteiger partial charge in [0.15, 0.2) is 11.5 Å². The van der Waals surface area contributed by atoms with E-state index in [4.69, 9.17) is 14.2 Å². The molecular formula is C16H21NO4. The molecule has 1 heterocycles. The molecule has 5 nitrogen and oxygen atoms in total. The molecule has 1 N–H and O–H groups in total. The number of nitrogens with one attached hydrogen (secondary N) is 1. The second-order valence-corrected chi connectivity index (χ2v) is 5.52. The maximum Gasteiger partial charge on any atom is 0.307 e. The Morgan fingerprint density at radius 3 is 2.95 bits per heavy atom. The number of hydrogen-bond donors (Lipinski definition) is 1. The van der Waals surface area contributed by atoms with Crippen molar-refractivity contribution in [3.05, 3.63) is 23.8 Å². The van der Waals surface area contributed by atoms with Gasteiger partial charge in [0.05, 0.1) is 13.0 Å². The molecule has 1 aromatic carbocycles. The summed E-state index contributed by atoms with van der Waals surface area (Å²) in [6.07, 6.45) is 2.83. The molecule has 0 aromatic heterocycles. The van der Waals surface area contributed by atoms with Gasteiger partial charge in [0.25, 0.3) is 0 Å². The first-order valence-corrected chi connectivity index (χ1v) is 7.54. The van der Waals surface area contributed by atoms with Gasteiger partial charge in [0.2, 0.25) is 6.79 Å². The van der Waals surface area contributed by atoms with Crippen LogP contribution in [-0.2, 0) is 16.1 Å². The van der Waals surface area contributed by atoms with Crippen LogP contribution in [0.1, 0.15) is 31.7 Å². The fourth-order valence-electron chi connectivity index (χ4n) is 2.60. The van der Waals surface area contributed by atoms with Gasteiger partial charge in [0.1, 0.15) is 0 Å². The average Bonchev–Trinajstić information content (AvgIpc) is 3.21. The van der Waals surface area contributed by atoms with Crippen LogP contribution in [-0.4, -0.2) is 25.4 Å². The lowest BCUT2D eigenvalue weighted by atomic mass is 10.1. The lowest BCUT2D eigenvalue weighted by molar-refractivity contribution is -0.143. The first-order valence-electron chi connectivity index (χ1n) is 7.54. The number of fused-ring (bicyclic) bond motifs is 1. The SMILES string of the molecule is CCOC(=O)CC(NCc1ccc2c(c1)OCO2)C1CC1. The van der Waals surface area contributed by atoms with Gasteiger partial charge in [-0.2, -0.15) is 0 Å². The van der Waals surface area contributed by atoms with Gasteiger partial charge in [-0.15, -0.1) is 0 Å². The number of carbonyl (C=O) groups excluding carboxylic acids is 1. The smallest absolute Gasteiger partial charge is 0.307 e. The molecule has 1 aliphatic carbocycles. The molecule has 1 saturated carbocycles. The van der Waals surface area contributed by atoms with E-state index in [0.717, 1.165) is 23.6 Å². The van der Waals surface area contributed by atoms with Crippen molar-refractivity contribution in [2.75, 3.05) is 13.4 Å². The Labute approximate surface area is 124 Å². The zero-order chi connectivity index (χ0) is 14.7. The van der Waals surface area contributed by atoms with Crippen LogP contribution in [0.5, 0.6) is 11.5 Å². The van der Waals surface area contributed by atoms with Crippen molar-refractivity contribution >= 4 is 5.97 Å². The zero-order valence-electron chi connectivity index (χ0n) is 12.3. The number of rotatable bonds is 7. The van der Waals surface area contributed by atoms with Crippen LogP contribution in [0, 0.1) is 5.92 Å². The van der Waals surface area contributed by atoms with Crippen molar-refractivity contribution in [3.8, 4) is 11.5 Å². The summed E-state index contributed by atoms with van der Waals surface area (Å²) in [7, 11) is 0. The fraction of sp³-hybridized carbons (Fsp3) is 0.562. The Kier molecular flexibility index (Phi) is 4.29. The standard InChI is InChI=1S/C16H21NO4/c1-2-19-16(18)8-13(12-4-5-12)17-9-11-3-6-14-15(7-11)21-10-20-14/h3,6-7,12-13,17H,2,4-5,8-10H2,1H3. The van der Waals surface area contributed by atoms with Gasteiger partial charge >= 0.3 is 5.97 Å². The maximum absolute atomic E-state index is 11.7. The molecule has 1 atom stereocenters. The summed E-state index contributed by atoms with van der Waals surface area (Å²) in [6.45, 7) is 3.29. The van der Waals surface area contributed by atoms with Crippen molar-refractivity contribution in [3.63, 3.8) is 0 Å². The van der Waals surface area contributed by atoms with E-state index < -0.39 is 0 Å². The van der Waals surface area contributed by atoms with Crippen LogP contribution in [0.15, 0.2) is 18.2 Å². The average molecular weight is 291 g/mol. The molecule has 1 aromatic rings. The highest BCUT2D eigenvalue weighted by molar-refractivity contribution is 5.70. The van der Waals surface area contributed by atoms with E-state index in [1.807, 2.05) is 25.1 Å². The van der Waals surface area contributed by atoms with Crippen LogP contribution in [0.3, 0.4) is 0 Å². The quantitative estimate of drug-likeness (QED) is 0.781. The van der Waals surface area contributed by atoms with Crippen molar-refractivity contribution in [1.82, 2.24) is 5.32 Å². The molecule has 1 fully saturated rings. The summed E-state index contributed by atoms with van der Waals surface area (Å²) >= 11 is 0. The van der Waals surface area contributed by atoms with Crippen molar-refractivity contribution < 1.29 is 19.0 Å². The van der Waals surface area contributed by atoms with Crippen LogP contribution in [0.2, 0.25) is 0 Å². The summed E-state index contributed by atoms with van der Waals surface area (Å²) in [6, 6.07) is 6.14. The summed E-state index contributed by atoms with van der Waals surface area (Å²) < 4.78 is 15.7. The third kappa shape index (κ3) is 3.67. The Balaban J connectivity index is 1.55. The molecule has 114 valence electrons. The Morgan fingerprint density at radius 2 is 2.19 bits per heavy atom. The molecule has 2 aliphatic rings.